The summed E-state index contributed by atoms with van der Waals surface area (Å²) in [7, 11) is 0. The highest BCUT2D eigenvalue weighted by atomic mass is 19.4. The molecule has 1 aromatic heterocycles. The summed E-state index contributed by atoms with van der Waals surface area (Å²) in [4.78, 5) is 5.94. The minimum Gasteiger partial charge on any atom is -0.378 e. The molecule has 0 aromatic carbocycles. The van der Waals surface area contributed by atoms with Gasteiger partial charge in [0.2, 0.25) is 0 Å². The second-order valence-electron chi connectivity index (χ2n) is 4.88. The van der Waals surface area contributed by atoms with Gasteiger partial charge in [-0.2, -0.15) is 13.2 Å². The number of nitrogens with zero attached hydrogens (tertiary/aromatic N) is 2. The third-order valence-corrected chi connectivity index (χ3v) is 3.12. The topological polar surface area (TPSA) is 25.4 Å². The summed E-state index contributed by atoms with van der Waals surface area (Å²) in [5.41, 5.74) is 0.585. The zero-order valence-electron chi connectivity index (χ0n) is 11.0. The van der Waals surface area contributed by atoms with Gasteiger partial charge in [-0.1, -0.05) is 13.8 Å². The van der Waals surface area contributed by atoms with E-state index < -0.39 is 11.7 Å². The average molecular weight is 274 g/mol. The van der Waals surface area contributed by atoms with Crippen molar-refractivity contribution in [1.29, 1.82) is 0 Å². The molecule has 2 heterocycles. The third-order valence-electron chi connectivity index (χ3n) is 3.12. The van der Waals surface area contributed by atoms with Gasteiger partial charge in [0, 0.05) is 19.3 Å². The Labute approximate surface area is 110 Å². The van der Waals surface area contributed by atoms with Gasteiger partial charge in [0.25, 0.3) is 0 Å². The molecule has 0 atom stereocenters. The number of aromatic nitrogens is 1. The number of anilines is 1. The number of hydrogen-bond donors (Lipinski definition) is 0. The van der Waals surface area contributed by atoms with Gasteiger partial charge in [0.1, 0.15) is 0 Å². The van der Waals surface area contributed by atoms with Crippen molar-refractivity contribution in [2.75, 3.05) is 31.2 Å². The summed E-state index contributed by atoms with van der Waals surface area (Å²) in [6.07, 6.45) is -3.44. The maximum atomic E-state index is 12.8. The standard InChI is InChI=1S/C13H17F3N2O/c1-9(2)12-11(18-3-5-19-6-4-18)7-10(8-17-12)13(14,15)16/h7-9H,3-6H2,1-2H3. The second-order valence-corrected chi connectivity index (χ2v) is 4.88. The van der Waals surface area contributed by atoms with Crippen LogP contribution in [0.2, 0.25) is 0 Å². The lowest BCUT2D eigenvalue weighted by molar-refractivity contribution is -0.137. The molecule has 0 aliphatic carbocycles. The van der Waals surface area contributed by atoms with E-state index in [0.717, 1.165) is 6.20 Å². The van der Waals surface area contributed by atoms with Gasteiger partial charge >= 0.3 is 6.18 Å². The van der Waals surface area contributed by atoms with E-state index in [0.29, 0.717) is 37.7 Å². The molecule has 3 nitrogen and oxygen atoms in total. The van der Waals surface area contributed by atoms with Crippen molar-refractivity contribution in [3.05, 3.63) is 23.5 Å². The Balaban J connectivity index is 2.41. The molecule has 19 heavy (non-hydrogen) atoms. The highest BCUT2D eigenvalue weighted by Gasteiger charge is 2.32. The summed E-state index contributed by atoms with van der Waals surface area (Å²) >= 11 is 0. The molecular weight excluding hydrogens is 257 g/mol. The highest BCUT2D eigenvalue weighted by molar-refractivity contribution is 5.54. The second kappa shape index (κ2) is 5.36. The number of rotatable bonds is 2. The van der Waals surface area contributed by atoms with Crippen molar-refractivity contribution in [2.24, 2.45) is 0 Å². The number of hydrogen-bond acceptors (Lipinski definition) is 3. The van der Waals surface area contributed by atoms with E-state index in [9.17, 15) is 13.2 Å². The molecular formula is C13H17F3N2O. The summed E-state index contributed by atoms with van der Waals surface area (Å²) in [6.45, 7) is 6.13. The highest BCUT2D eigenvalue weighted by Crippen LogP contribution is 2.34. The van der Waals surface area contributed by atoms with E-state index in [1.54, 1.807) is 0 Å². The summed E-state index contributed by atoms with van der Waals surface area (Å²) in [6, 6.07) is 1.20. The predicted molar refractivity (Wildman–Crippen MR) is 66.4 cm³/mol. The molecule has 0 spiro atoms. The maximum absolute atomic E-state index is 12.8. The molecule has 1 aromatic rings. The van der Waals surface area contributed by atoms with Crippen molar-refractivity contribution in [3.63, 3.8) is 0 Å². The van der Waals surface area contributed by atoms with E-state index >= 15 is 0 Å². The van der Waals surface area contributed by atoms with Crippen LogP contribution >= 0.6 is 0 Å². The predicted octanol–water partition coefficient (Wildman–Crippen LogP) is 3.06. The molecule has 0 N–H and O–H groups in total. The van der Waals surface area contributed by atoms with E-state index in [4.69, 9.17) is 4.74 Å². The lowest BCUT2D eigenvalue weighted by Gasteiger charge is -2.31. The van der Waals surface area contributed by atoms with Crippen LogP contribution in [0.25, 0.3) is 0 Å². The molecule has 0 radical (unpaired) electrons. The molecule has 6 heteroatoms. The molecule has 0 amide bonds. The number of morpholine rings is 1. The van der Waals surface area contributed by atoms with Crippen molar-refractivity contribution in [2.45, 2.75) is 25.9 Å². The molecule has 106 valence electrons. The van der Waals surface area contributed by atoms with E-state index in [2.05, 4.69) is 4.98 Å². The van der Waals surface area contributed by atoms with Crippen LogP contribution in [0.4, 0.5) is 18.9 Å². The quantitative estimate of drug-likeness (QED) is 0.828. The summed E-state index contributed by atoms with van der Waals surface area (Å²) < 4.78 is 43.6. The lowest BCUT2D eigenvalue weighted by atomic mass is 10.0. The molecule has 1 saturated heterocycles. The van der Waals surface area contributed by atoms with Crippen LogP contribution in [0, 0.1) is 0 Å². The van der Waals surface area contributed by atoms with Gasteiger partial charge in [-0.3, -0.25) is 4.98 Å². The molecule has 1 aliphatic rings. The smallest absolute Gasteiger partial charge is 0.378 e. The minimum absolute atomic E-state index is 0.0835. The fraction of sp³-hybridized carbons (Fsp3) is 0.615. The first kappa shape index (κ1) is 14.1. The maximum Gasteiger partial charge on any atom is 0.417 e. The van der Waals surface area contributed by atoms with Crippen molar-refractivity contribution < 1.29 is 17.9 Å². The minimum atomic E-state index is -4.36. The van der Waals surface area contributed by atoms with Gasteiger partial charge in [-0.25, -0.2) is 0 Å². The van der Waals surface area contributed by atoms with Crippen molar-refractivity contribution >= 4 is 5.69 Å². The van der Waals surface area contributed by atoms with Crippen LogP contribution < -0.4 is 4.90 Å². The number of ether oxygens (including phenoxy) is 1. The Hall–Kier alpha value is -1.30. The van der Waals surface area contributed by atoms with Crippen molar-refractivity contribution in [1.82, 2.24) is 4.98 Å². The van der Waals surface area contributed by atoms with E-state index in [1.165, 1.54) is 6.07 Å². The number of alkyl halides is 3. The fourth-order valence-electron chi connectivity index (χ4n) is 2.12. The third kappa shape index (κ3) is 3.18. The van der Waals surface area contributed by atoms with Crippen LogP contribution in [0.5, 0.6) is 0 Å². The lowest BCUT2D eigenvalue weighted by Crippen LogP contribution is -2.37. The van der Waals surface area contributed by atoms with Crippen LogP contribution in [0.15, 0.2) is 12.3 Å². The first-order valence-electron chi connectivity index (χ1n) is 6.29. The molecule has 0 unspecified atom stereocenters. The number of halogens is 3. The van der Waals surface area contributed by atoms with Crippen LogP contribution in [-0.4, -0.2) is 31.3 Å². The number of pyridine rings is 1. The molecule has 1 aliphatic heterocycles. The Kier molecular flexibility index (Phi) is 3.99. The fourth-order valence-corrected chi connectivity index (χ4v) is 2.12. The van der Waals surface area contributed by atoms with Crippen LogP contribution in [0.3, 0.4) is 0 Å². The van der Waals surface area contributed by atoms with Crippen LogP contribution in [-0.2, 0) is 10.9 Å². The Morgan fingerprint density at radius 1 is 1.26 bits per heavy atom. The zero-order valence-corrected chi connectivity index (χ0v) is 11.0. The van der Waals surface area contributed by atoms with Crippen LogP contribution in [0.1, 0.15) is 31.0 Å². The zero-order chi connectivity index (χ0) is 14.0. The van der Waals surface area contributed by atoms with Gasteiger partial charge in [0.05, 0.1) is 30.2 Å². The summed E-state index contributed by atoms with van der Waals surface area (Å²) in [5.74, 6) is 0.0835. The normalized spacial score (nSPS) is 17.1. The van der Waals surface area contributed by atoms with Gasteiger partial charge in [-0.05, 0) is 12.0 Å². The van der Waals surface area contributed by atoms with Gasteiger partial charge in [-0.15, -0.1) is 0 Å². The average Bonchev–Trinajstić information content (AvgIpc) is 2.38. The monoisotopic (exact) mass is 274 g/mol. The molecule has 0 bridgehead atoms. The Morgan fingerprint density at radius 2 is 1.89 bits per heavy atom. The molecule has 0 saturated carbocycles. The first-order chi connectivity index (χ1) is 8.89. The molecule has 2 rings (SSSR count). The Morgan fingerprint density at radius 3 is 2.42 bits per heavy atom. The van der Waals surface area contributed by atoms with Gasteiger partial charge < -0.3 is 9.64 Å². The van der Waals surface area contributed by atoms with Gasteiger partial charge in [0.15, 0.2) is 0 Å². The van der Waals surface area contributed by atoms with E-state index in [1.807, 2.05) is 18.7 Å². The summed E-state index contributed by atoms with van der Waals surface area (Å²) in [5, 5.41) is 0. The Bertz CT molecular complexity index is 440. The first-order valence-corrected chi connectivity index (χ1v) is 6.29. The van der Waals surface area contributed by atoms with E-state index in [-0.39, 0.29) is 5.92 Å². The molecule has 1 fully saturated rings. The van der Waals surface area contributed by atoms with Crippen molar-refractivity contribution in [3.8, 4) is 0 Å². The largest absolute Gasteiger partial charge is 0.417 e. The SMILES string of the molecule is CC(C)c1ncc(C(F)(F)F)cc1N1CCOCC1.